The predicted molar refractivity (Wildman–Crippen MR) is 93.9 cm³/mol. The van der Waals surface area contributed by atoms with Crippen LogP contribution in [0.2, 0.25) is 0 Å². The number of nitrogens with zero attached hydrogens (tertiary/aromatic N) is 1. The van der Waals surface area contributed by atoms with E-state index in [1.165, 1.54) is 4.90 Å². The summed E-state index contributed by atoms with van der Waals surface area (Å²) in [6.45, 7) is 5.57. The Hall–Kier alpha value is -2.13. The Morgan fingerprint density at radius 3 is 2.59 bits per heavy atom. The van der Waals surface area contributed by atoms with E-state index in [0.29, 0.717) is 19.4 Å². The number of hydrogen-bond acceptors (Lipinski definition) is 6. The van der Waals surface area contributed by atoms with Gasteiger partial charge in [0.1, 0.15) is 11.8 Å². The summed E-state index contributed by atoms with van der Waals surface area (Å²) in [6, 6.07) is 0. The van der Waals surface area contributed by atoms with Gasteiger partial charge in [0.25, 0.3) is 0 Å². The summed E-state index contributed by atoms with van der Waals surface area (Å²) in [7, 11) is 0. The number of hydrazine groups is 1. The minimum absolute atomic E-state index is 0.0830. The van der Waals surface area contributed by atoms with Gasteiger partial charge in [-0.3, -0.25) is 15.0 Å². The van der Waals surface area contributed by atoms with Gasteiger partial charge >= 0.3 is 6.09 Å². The van der Waals surface area contributed by atoms with Crippen molar-refractivity contribution in [1.82, 2.24) is 15.8 Å². The van der Waals surface area contributed by atoms with Gasteiger partial charge in [0.2, 0.25) is 11.8 Å². The molecule has 3 aliphatic rings. The first kappa shape index (κ1) is 19.6. The van der Waals surface area contributed by atoms with E-state index in [1.54, 1.807) is 20.8 Å². The van der Waals surface area contributed by atoms with Crippen LogP contribution in [0.25, 0.3) is 0 Å². The number of aliphatic hydroxyl groups is 1. The van der Waals surface area contributed by atoms with Crippen molar-refractivity contribution in [3.05, 3.63) is 12.2 Å². The summed E-state index contributed by atoms with van der Waals surface area (Å²) in [6.07, 6.45) is 3.11. The van der Waals surface area contributed by atoms with E-state index in [-0.39, 0.29) is 42.3 Å². The highest BCUT2D eigenvalue weighted by atomic mass is 16.6. The number of ether oxygens (including phenoxy) is 2. The van der Waals surface area contributed by atoms with E-state index >= 15 is 0 Å². The van der Waals surface area contributed by atoms with E-state index in [1.807, 2.05) is 12.2 Å². The fourth-order valence-electron chi connectivity index (χ4n) is 3.82. The van der Waals surface area contributed by atoms with Crippen LogP contribution in [0.5, 0.6) is 0 Å². The van der Waals surface area contributed by atoms with Crippen LogP contribution in [0.4, 0.5) is 4.79 Å². The van der Waals surface area contributed by atoms with Crippen molar-refractivity contribution in [1.29, 1.82) is 0 Å². The van der Waals surface area contributed by atoms with Crippen molar-refractivity contribution >= 4 is 17.9 Å². The van der Waals surface area contributed by atoms with Crippen LogP contribution < -0.4 is 10.9 Å². The van der Waals surface area contributed by atoms with E-state index in [4.69, 9.17) is 9.47 Å². The van der Waals surface area contributed by atoms with Crippen molar-refractivity contribution < 1.29 is 29.0 Å². The third-order valence-electron chi connectivity index (χ3n) is 4.94. The average molecular weight is 381 g/mol. The zero-order valence-electron chi connectivity index (χ0n) is 15.8. The van der Waals surface area contributed by atoms with Crippen LogP contribution in [0, 0.1) is 11.8 Å². The number of likely N-dealkylation sites (tertiary alicyclic amines) is 1. The molecular formula is C18H27N3O6. The molecule has 0 aromatic carbocycles. The molecule has 3 heterocycles. The quantitative estimate of drug-likeness (QED) is 0.361. The van der Waals surface area contributed by atoms with Crippen molar-refractivity contribution in [3.8, 4) is 0 Å². The molecule has 3 aliphatic heterocycles. The number of nitrogens with one attached hydrogen (secondary N) is 2. The first-order valence-corrected chi connectivity index (χ1v) is 9.27. The van der Waals surface area contributed by atoms with Gasteiger partial charge in [-0.15, -0.1) is 0 Å². The van der Waals surface area contributed by atoms with Crippen LogP contribution in [-0.4, -0.2) is 58.5 Å². The van der Waals surface area contributed by atoms with E-state index in [2.05, 4.69) is 10.9 Å². The van der Waals surface area contributed by atoms with Gasteiger partial charge in [-0.25, -0.2) is 10.2 Å². The second-order valence-electron chi connectivity index (χ2n) is 8.13. The molecule has 3 N–H and O–H groups in total. The molecule has 0 aliphatic carbocycles. The fraction of sp³-hybridized carbons (Fsp3) is 0.722. The second-order valence-corrected chi connectivity index (χ2v) is 8.13. The van der Waals surface area contributed by atoms with Gasteiger partial charge in [0.15, 0.2) is 0 Å². The minimum Gasteiger partial charge on any atom is -0.443 e. The molecule has 5 unspecified atom stereocenters. The largest absolute Gasteiger partial charge is 0.443 e. The minimum atomic E-state index is -0.842. The first-order valence-electron chi connectivity index (χ1n) is 9.27. The number of hydrogen-bond donors (Lipinski definition) is 3. The van der Waals surface area contributed by atoms with Gasteiger partial charge in [0, 0.05) is 18.9 Å². The summed E-state index contributed by atoms with van der Waals surface area (Å²) in [4.78, 5) is 37.2. The van der Waals surface area contributed by atoms with E-state index < -0.39 is 17.9 Å². The van der Waals surface area contributed by atoms with Gasteiger partial charge in [-0.1, -0.05) is 12.2 Å². The van der Waals surface area contributed by atoms with Crippen LogP contribution in [0.1, 0.15) is 40.0 Å². The maximum atomic E-state index is 12.5. The van der Waals surface area contributed by atoms with Crippen LogP contribution in [0.15, 0.2) is 12.2 Å². The maximum Gasteiger partial charge on any atom is 0.426 e. The predicted octanol–water partition coefficient (Wildman–Crippen LogP) is 0.443. The lowest BCUT2D eigenvalue weighted by Gasteiger charge is -2.24. The number of carbonyl (C=O) groups excluding carboxylic acids is 3. The van der Waals surface area contributed by atoms with Crippen molar-refractivity contribution in [2.75, 3.05) is 6.54 Å². The Balaban J connectivity index is 1.34. The molecule has 9 heteroatoms. The Morgan fingerprint density at radius 1 is 1.22 bits per heavy atom. The van der Waals surface area contributed by atoms with Crippen molar-refractivity contribution in [3.63, 3.8) is 0 Å². The monoisotopic (exact) mass is 381 g/mol. The fourth-order valence-corrected chi connectivity index (χ4v) is 3.82. The Labute approximate surface area is 158 Å². The summed E-state index contributed by atoms with van der Waals surface area (Å²) in [5.41, 5.74) is 3.83. The molecule has 3 amide bonds. The Kier molecular flexibility index (Phi) is 5.43. The van der Waals surface area contributed by atoms with Crippen molar-refractivity contribution in [2.24, 2.45) is 11.8 Å². The highest BCUT2D eigenvalue weighted by Crippen LogP contribution is 2.46. The van der Waals surface area contributed by atoms with Crippen LogP contribution >= 0.6 is 0 Å². The smallest absolute Gasteiger partial charge is 0.426 e. The number of unbranched alkanes of at least 4 members (excludes halogenated alkanes) is 1. The molecule has 0 aromatic heterocycles. The van der Waals surface area contributed by atoms with Gasteiger partial charge < -0.3 is 19.5 Å². The molecular weight excluding hydrogens is 354 g/mol. The molecule has 2 fully saturated rings. The lowest BCUT2D eigenvalue weighted by molar-refractivity contribution is -0.138. The third-order valence-corrected chi connectivity index (χ3v) is 4.94. The molecule has 0 saturated carbocycles. The topological polar surface area (TPSA) is 117 Å². The van der Waals surface area contributed by atoms with Crippen LogP contribution in [0.3, 0.4) is 0 Å². The van der Waals surface area contributed by atoms with Crippen molar-refractivity contribution in [2.45, 2.75) is 64.1 Å². The molecule has 0 radical (unpaired) electrons. The molecule has 27 heavy (non-hydrogen) atoms. The standard InChI is InChI=1S/C18H27N3O6/c1-18(2,3)27-17(25)20-19-12(22)6-4-5-9-21-15(23)13-10-7-8-11(26-10)14(13)16(21)24/h7-8,10-11,13-15,23H,4-6,9H2,1-3H3,(H,19,22)(H,20,25). The number of rotatable bonds is 5. The van der Waals surface area contributed by atoms with E-state index in [9.17, 15) is 19.5 Å². The summed E-state index contributed by atoms with van der Waals surface area (Å²) in [5, 5.41) is 10.4. The molecule has 0 spiro atoms. The lowest BCUT2D eigenvalue weighted by Crippen LogP contribution is -2.44. The number of amides is 3. The third kappa shape index (κ3) is 4.24. The number of aliphatic hydroxyl groups excluding tert-OH is 1. The molecule has 5 atom stereocenters. The van der Waals surface area contributed by atoms with Gasteiger partial charge in [-0.2, -0.15) is 0 Å². The van der Waals surface area contributed by atoms with Gasteiger partial charge in [-0.05, 0) is 33.6 Å². The Morgan fingerprint density at radius 2 is 1.93 bits per heavy atom. The molecule has 150 valence electrons. The summed E-state index contributed by atoms with van der Waals surface area (Å²) >= 11 is 0. The molecule has 9 nitrogen and oxygen atoms in total. The lowest BCUT2D eigenvalue weighted by atomic mass is 9.85. The molecule has 2 saturated heterocycles. The number of fused-ring (bicyclic) bond motifs is 5. The molecule has 2 bridgehead atoms. The molecule has 0 aromatic rings. The highest BCUT2D eigenvalue weighted by Gasteiger charge is 2.59. The van der Waals surface area contributed by atoms with Gasteiger partial charge in [0.05, 0.1) is 18.1 Å². The molecule has 3 rings (SSSR count). The zero-order valence-corrected chi connectivity index (χ0v) is 15.8. The zero-order chi connectivity index (χ0) is 19.8. The normalized spacial score (nSPS) is 31.2. The summed E-state index contributed by atoms with van der Waals surface area (Å²) in [5.74, 6) is -0.924. The SMILES string of the molecule is CC(C)(C)OC(=O)NNC(=O)CCCCN1C(=O)C2C3C=CC(O3)C2C1O. The second kappa shape index (κ2) is 7.47. The average Bonchev–Trinajstić information content (AvgIpc) is 3.24. The Bertz CT molecular complexity index is 643. The summed E-state index contributed by atoms with van der Waals surface area (Å²) < 4.78 is 10.7. The highest BCUT2D eigenvalue weighted by molar-refractivity contribution is 5.84. The number of carbonyl (C=O) groups is 3. The van der Waals surface area contributed by atoms with Crippen LogP contribution in [-0.2, 0) is 19.1 Å². The maximum absolute atomic E-state index is 12.5. The first-order chi connectivity index (χ1) is 12.7. The van der Waals surface area contributed by atoms with E-state index in [0.717, 1.165) is 0 Å².